The zero-order chi connectivity index (χ0) is 22.1. The van der Waals surface area contributed by atoms with Crippen molar-refractivity contribution in [2.45, 2.75) is 65.1 Å². The van der Waals surface area contributed by atoms with E-state index in [1.807, 2.05) is 0 Å². The molecule has 2 fully saturated rings. The standard InChI is InChI=1S/C21H29N3O6/c1-13-8-20(3,4)12-21(9-13)18(27)24(19(28)23-21)11-16(25)30-14(2)17(26)22-10-15-6-5-7-29-15/h5-7,13-14H,8-12H2,1-4H3,(H,22,26)(H,23,28)/t13-,14-,21+/m0/s1. The molecule has 0 radical (unpaired) electrons. The third kappa shape index (κ3) is 4.66. The number of esters is 1. The first kappa shape index (κ1) is 21.9. The van der Waals surface area contributed by atoms with Crippen LogP contribution in [0.25, 0.3) is 0 Å². The number of carbonyl (C=O) groups is 4. The Morgan fingerprint density at radius 1 is 1.37 bits per heavy atom. The van der Waals surface area contributed by atoms with Crippen molar-refractivity contribution in [2.24, 2.45) is 11.3 Å². The van der Waals surface area contributed by atoms with Gasteiger partial charge in [0.15, 0.2) is 6.10 Å². The van der Waals surface area contributed by atoms with Crippen LogP contribution in [0.5, 0.6) is 0 Å². The van der Waals surface area contributed by atoms with E-state index in [1.165, 1.54) is 13.2 Å². The second-order valence-corrected chi connectivity index (χ2v) is 9.19. The normalized spacial score (nSPS) is 26.4. The molecule has 164 valence electrons. The topological polar surface area (TPSA) is 118 Å². The molecule has 2 aliphatic rings. The van der Waals surface area contributed by atoms with Gasteiger partial charge in [0, 0.05) is 0 Å². The molecule has 0 aromatic carbocycles. The van der Waals surface area contributed by atoms with Gasteiger partial charge in [-0.1, -0.05) is 20.8 Å². The van der Waals surface area contributed by atoms with E-state index < -0.39 is 42.0 Å². The zero-order valence-corrected chi connectivity index (χ0v) is 17.8. The van der Waals surface area contributed by atoms with Gasteiger partial charge in [-0.3, -0.25) is 19.3 Å². The van der Waals surface area contributed by atoms with Gasteiger partial charge in [0.1, 0.15) is 17.8 Å². The van der Waals surface area contributed by atoms with E-state index in [-0.39, 0.29) is 17.9 Å². The number of amides is 4. The summed E-state index contributed by atoms with van der Waals surface area (Å²) in [6.07, 6.45) is 2.44. The van der Waals surface area contributed by atoms with E-state index >= 15 is 0 Å². The van der Waals surface area contributed by atoms with E-state index in [2.05, 4.69) is 31.4 Å². The minimum atomic E-state index is -1.07. The van der Waals surface area contributed by atoms with Crippen molar-refractivity contribution in [1.29, 1.82) is 0 Å². The molecule has 3 rings (SSSR count). The number of furan rings is 1. The number of hydrogen-bond acceptors (Lipinski definition) is 6. The number of hydrogen-bond donors (Lipinski definition) is 2. The van der Waals surface area contributed by atoms with Gasteiger partial charge in [-0.15, -0.1) is 0 Å². The summed E-state index contributed by atoms with van der Waals surface area (Å²) in [5, 5.41) is 5.40. The van der Waals surface area contributed by atoms with Gasteiger partial charge in [0.2, 0.25) is 0 Å². The summed E-state index contributed by atoms with van der Waals surface area (Å²) in [7, 11) is 0. The van der Waals surface area contributed by atoms with Crippen LogP contribution in [0.3, 0.4) is 0 Å². The smallest absolute Gasteiger partial charge is 0.327 e. The van der Waals surface area contributed by atoms with Gasteiger partial charge < -0.3 is 19.8 Å². The van der Waals surface area contributed by atoms with E-state index in [1.54, 1.807) is 12.1 Å². The maximum absolute atomic E-state index is 13.1. The third-order valence-corrected chi connectivity index (χ3v) is 5.61. The fraction of sp³-hybridized carbons (Fsp3) is 0.619. The molecule has 0 unspecified atom stereocenters. The molecule has 1 aliphatic heterocycles. The highest BCUT2D eigenvalue weighted by atomic mass is 16.5. The van der Waals surface area contributed by atoms with Crippen LogP contribution in [-0.2, 0) is 25.7 Å². The molecule has 1 saturated heterocycles. The summed E-state index contributed by atoms with van der Waals surface area (Å²) in [5.74, 6) is -0.895. The second kappa shape index (κ2) is 8.12. The van der Waals surface area contributed by atoms with Gasteiger partial charge in [-0.05, 0) is 49.7 Å². The summed E-state index contributed by atoms with van der Waals surface area (Å²) in [4.78, 5) is 50.8. The summed E-state index contributed by atoms with van der Waals surface area (Å²) < 4.78 is 10.2. The molecule has 2 heterocycles. The number of ether oxygens (including phenoxy) is 1. The minimum absolute atomic E-state index is 0.0995. The number of nitrogens with zero attached hydrogens (tertiary/aromatic N) is 1. The first-order chi connectivity index (χ1) is 14.0. The van der Waals surface area contributed by atoms with Crippen LogP contribution in [0.15, 0.2) is 22.8 Å². The van der Waals surface area contributed by atoms with Gasteiger partial charge in [0.25, 0.3) is 11.8 Å². The van der Waals surface area contributed by atoms with Gasteiger partial charge >= 0.3 is 12.0 Å². The SMILES string of the molecule is C[C@H]1CC(C)(C)C[C@@]2(C1)NC(=O)N(CC(=O)O[C@@H](C)C(=O)NCc1ccco1)C2=O. The molecule has 1 aromatic heterocycles. The quantitative estimate of drug-likeness (QED) is 0.538. The zero-order valence-electron chi connectivity index (χ0n) is 17.8. The number of urea groups is 1. The lowest BCUT2D eigenvalue weighted by Gasteiger charge is -2.43. The Hall–Kier alpha value is -2.84. The molecule has 3 atom stereocenters. The van der Waals surface area contributed by atoms with Crippen molar-refractivity contribution in [3.8, 4) is 0 Å². The molecule has 0 bridgehead atoms. The predicted molar refractivity (Wildman–Crippen MR) is 106 cm³/mol. The first-order valence-electron chi connectivity index (χ1n) is 10.1. The van der Waals surface area contributed by atoms with E-state index in [9.17, 15) is 19.2 Å². The van der Waals surface area contributed by atoms with E-state index in [4.69, 9.17) is 9.15 Å². The van der Waals surface area contributed by atoms with Gasteiger partial charge in [0.05, 0.1) is 12.8 Å². The van der Waals surface area contributed by atoms with Crippen molar-refractivity contribution < 1.29 is 28.3 Å². The number of rotatable bonds is 6. The third-order valence-electron chi connectivity index (χ3n) is 5.61. The summed E-state index contributed by atoms with van der Waals surface area (Å²) >= 11 is 0. The molecular weight excluding hydrogens is 390 g/mol. The van der Waals surface area contributed by atoms with Crippen molar-refractivity contribution >= 4 is 23.8 Å². The maximum atomic E-state index is 13.1. The lowest BCUT2D eigenvalue weighted by molar-refractivity contribution is -0.157. The molecule has 30 heavy (non-hydrogen) atoms. The highest BCUT2D eigenvalue weighted by Crippen LogP contribution is 2.46. The Labute approximate surface area is 175 Å². The molecule has 4 amide bonds. The van der Waals surface area contributed by atoms with E-state index in [0.717, 1.165) is 11.3 Å². The molecule has 1 aromatic rings. The first-order valence-corrected chi connectivity index (χ1v) is 10.1. The molecule has 1 saturated carbocycles. The summed E-state index contributed by atoms with van der Waals surface area (Å²) in [6, 6.07) is 2.80. The molecule has 1 spiro atoms. The Balaban J connectivity index is 1.56. The molecule has 9 heteroatoms. The predicted octanol–water partition coefficient (Wildman–Crippen LogP) is 1.96. The number of imide groups is 1. The minimum Gasteiger partial charge on any atom is -0.467 e. The summed E-state index contributed by atoms with van der Waals surface area (Å²) in [6.45, 7) is 7.26. The average molecular weight is 419 g/mol. The van der Waals surface area contributed by atoms with Crippen molar-refractivity contribution in [3.63, 3.8) is 0 Å². The lowest BCUT2D eigenvalue weighted by atomic mass is 9.64. The van der Waals surface area contributed by atoms with Gasteiger partial charge in [-0.25, -0.2) is 4.79 Å². The van der Waals surface area contributed by atoms with Crippen molar-refractivity contribution in [3.05, 3.63) is 24.2 Å². The van der Waals surface area contributed by atoms with Crippen LogP contribution < -0.4 is 10.6 Å². The fourth-order valence-corrected chi connectivity index (χ4v) is 4.80. The van der Waals surface area contributed by atoms with Crippen LogP contribution in [0.1, 0.15) is 52.7 Å². The monoisotopic (exact) mass is 419 g/mol. The van der Waals surface area contributed by atoms with Crippen molar-refractivity contribution in [1.82, 2.24) is 15.5 Å². The molecule has 9 nitrogen and oxygen atoms in total. The highest BCUT2D eigenvalue weighted by Gasteiger charge is 2.56. The average Bonchev–Trinajstić information content (AvgIpc) is 3.21. The lowest BCUT2D eigenvalue weighted by Crippen LogP contribution is -2.54. The van der Waals surface area contributed by atoms with Crippen LogP contribution in [-0.4, -0.2) is 46.9 Å². The molecular formula is C21H29N3O6. The molecule has 2 N–H and O–H groups in total. The van der Waals surface area contributed by atoms with Crippen LogP contribution in [0, 0.1) is 11.3 Å². The Morgan fingerprint density at radius 3 is 2.73 bits per heavy atom. The second-order valence-electron chi connectivity index (χ2n) is 9.19. The van der Waals surface area contributed by atoms with Gasteiger partial charge in [-0.2, -0.15) is 0 Å². The van der Waals surface area contributed by atoms with Crippen LogP contribution in [0.2, 0.25) is 0 Å². The van der Waals surface area contributed by atoms with Crippen molar-refractivity contribution in [2.75, 3.05) is 6.54 Å². The fourth-order valence-electron chi connectivity index (χ4n) is 4.80. The Morgan fingerprint density at radius 2 is 2.10 bits per heavy atom. The molecule has 1 aliphatic carbocycles. The van der Waals surface area contributed by atoms with Crippen LogP contribution >= 0.6 is 0 Å². The Kier molecular flexibility index (Phi) is 5.92. The number of nitrogens with one attached hydrogen (secondary N) is 2. The largest absolute Gasteiger partial charge is 0.467 e. The van der Waals surface area contributed by atoms with Crippen LogP contribution in [0.4, 0.5) is 4.79 Å². The number of carbonyl (C=O) groups excluding carboxylic acids is 4. The Bertz CT molecular complexity index is 834. The summed E-state index contributed by atoms with van der Waals surface area (Å²) in [5.41, 5.74) is -1.08. The highest BCUT2D eigenvalue weighted by molar-refractivity contribution is 6.08. The van der Waals surface area contributed by atoms with E-state index in [0.29, 0.717) is 18.6 Å². The maximum Gasteiger partial charge on any atom is 0.327 e.